The summed E-state index contributed by atoms with van der Waals surface area (Å²) in [7, 11) is 1.69. The van der Waals surface area contributed by atoms with Gasteiger partial charge in [-0.2, -0.15) is 13.2 Å². The van der Waals surface area contributed by atoms with Gasteiger partial charge in [-0.15, -0.1) is 0 Å². The maximum atomic E-state index is 12.7. The standard InChI is InChI=1S/C12H15F4NO/c1-17-11(6-7-18-8-12(14,15)16)9-2-4-10(13)5-3-9/h2-5,11,17H,6-8H2,1H3. The van der Waals surface area contributed by atoms with Crippen molar-refractivity contribution in [3.8, 4) is 0 Å². The van der Waals surface area contributed by atoms with Gasteiger partial charge < -0.3 is 10.1 Å². The molecule has 0 aliphatic rings. The average Bonchev–Trinajstić information content (AvgIpc) is 2.29. The lowest BCUT2D eigenvalue weighted by molar-refractivity contribution is -0.174. The first-order valence-electron chi connectivity index (χ1n) is 5.49. The van der Waals surface area contributed by atoms with E-state index >= 15 is 0 Å². The molecular weight excluding hydrogens is 250 g/mol. The van der Waals surface area contributed by atoms with Gasteiger partial charge in [-0.25, -0.2) is 4.39 Å². The smallest absolute Gasteiger partial charge is 0.372 e. The van der Waals surface area contributed by atoms with E-state index in [1.165, 1.54) is 12.1 Å². The van der Waals surface area contributed by atoms with Crippen LogP contribution in [0.2, 0.25) is 0 Å². The van der Waals surface area contributed by atoms with Crippen LogP contribution in [0.15, 0.2) is 24.3 Å². The molecule has 1 rings (SSSR count). The summed E-state index contributed by atoms with van der Waals surface area (Å²) in [5, 5.41) is 2.95. The van der Waals surface area contributed by atoms with E-state index in [4.69, 9.17) is 0 Å². The molecule has 2 nitrogen and oxygen atoms in total. The predicted molar refractivity (Wildman–Crippen MR) is 59.7 cm³/mol. The Bertz CT molecular complexity index is 350. The van der Waals surface area contributed by atoms with Crippen LogP contribution in [0.5, 0.6) is 0 Å². The van der Waals surface area contributed by atoms with Gasteiger partial charge in [0.25, 0.3) is 0 Å². The van der Waals surface area contributed by atoms with Gasteiger partial charge in [0.2, 0.25) is 0 Å². The van der Waals surface area contributed by atoms with Crippen LogP contribution >= 0.6 is 0 Å². The molecule has 0 radical (unpaired) electrons. The molecule has 1 aromatic carbocycles. The molecule has 0 saturated carbocycles. The number of hydrogen-bond acceptors (Lipinski definition) is 2. The number of alkyl halides is 3. The molecule has 6 heteroatoms. The molecule has 0 saturated heterocycles. The minimum Gasteiger partial charge on any atom is -0.372 e. The Labute approximate surface area is 103 Å². The molecule has 1 aromatic rings. The van der Waals surface area contributed by atoms with Gasteiger partial charge in [0, 0.05) is 12.6 Å². The number of benzene rings is 1. The Hall–Kier alpha value is -1.14. The fraction of sp³-hybridized carbons (Fsp3) is 0.500. The second-order valence-electron chi connectivity index (χ2n) is 3.85. The van der Waals surface area contributed by atoms with E-state index in [1.807, 2.05) is 0 Å². The van der Waals surface area contributed by atoms with Crippen LogP contribution in [-0.2, 0) is 4.74 Å². The number of nitrogens with one attached hydrogen (secondary N) is 1. The molecule has 0 aliphatic heterocycles. The van der Waals surface area contributed by atoms with Gasteiger partial charge in [0.1, 0.15) is 12.4 Å². The SMILES string of the molecule is CNC(CCOCC(F)(F)F)c1ccc(F)cc1. The highest BCUT2D eigenvalue weighted by atomic mass is 19.4. The van der Waals surface area contributed by atoms with Gasteiger partial charge in [-0.3, -0.25) is 0 Å². The monoisotopic (exact) mass is 265 g/mol. The van der Waals surface area contributed by atoms with Crippen molar-refractivity contribution in [1.29, 1.82) is 0 Å². The molecule has 0 amide bonds. The maximum absolute atomic E-state index is 12.7. The molecular formula is C12H15F4NO. The number of halogens is 4. The lowest BCUT2D eigenvalue weighted by atomic mass is 10.0. The molecule has 1 atom stereocenters. The normalized spacial score (nSPS) is 13.6. The Morgan fingerprint density at radius 1 is 1.22 bits per heavy atom. The first-order valence-corrected chi connectivity index (χ1v) is 5.49. The summed E-state index contributed by atoms with van der Waals surface area (Å²) < 4.78 is 52.8. The highest BCUT2D eigenvalue weighted by Gasteiger charge is 2.27. The van der Waals surface area contributed by atoms with Crippen LogP contribution in [0.4, 0.5) is 17.6 Å². The first kappa shape index (κ1) is 14.9. The Balaban J connectivity index is 2.40. The van der Waals surface area contributed by atoms with Gasteiger partial charge in [-0.05, 0) is 31.2 Å². The van der Waals surface area contributed by atoms with Gasteiger partial charge in [0.05, 0.1) is 0 Å². The molecule has 0 bridgehead atoms. The van der Waals surface area contributed by atoms with Gasteiger partial charge >= 0.3 is 6.18 Å². The van der Waals surface area contributed by atoms with Gasteiger partial charge in [-0.1, -0.05) is 12.1 Å². The zero-order chi connectivity index (χ0) is 13.6. The third-order valence-corrected chi connectivity index (χ3v) is 2.44. The van der Waals surface area contributed by atoms with Crippen LogP contribution in [0.1, 0.15) is 18.0 Å². The van der Waals surface area contributed by atoms with E-state index in [-0.39, 0.29) is 18.5 Å². The molecule has 0 spiro atoms. The van der Waals surface area contributed by atoms with Crippen LogP contribution in [0, 0.1) is 5.82 Å². The topological polar surface area (TPSA) is 21.3 Å². The van der Waals surface area contributed by atoms with Crippen molar-refractivity contribution >= 4 is 0 Å². The Morgan fingerprint density at radius 3 is 2.33 bits per heavy atom. The minimum atomic E-state index is -4.30. The zero-order valence-electron chi connectivity index (χ0n) is 9.93. The average molecular weight is 265 g/mol. The summed E-state index contributed by atoms with van der Waals surface area (Å²) in [5.41, 5.74) is 0.814. The summed E-state index contributed by atoms with van der Waals surface area (Å²) in [6.07, 6.45) is -3.91. The minimum absolute atomic E-state index is 0.0115. The molecule has 1 N–H and O–H groups in total. The van der Waals surface area contributed by atoms with Crippen molar-refractivity contribution in [3.05, 3.63) is 35.6 Å². The maximum Gasteiger partial charge on any atom is 0.411 e. The van der Waals surface area contributed by atoms with E-state index in [0.29, 0.717) is 6.42 Å². The largest absolute Gasteiger partial charge is 0.411 e. The van der Waals surface area contributed by atoms with E-state index in [9.17, 15) is 17.6 Å². The van der Waals surface area contributed by atoms with E-state index < -0.39 is 12.8 Å². The quantitative estimate of drug-likeness (QED) is 0.630. The highest BCUT2D eigenvalue weighted by molar-refractivity contribution is 5.19. The predicted octanol–water partition coefficient (Wildman–Crippen LogP) is 3.06. The summed E-state index contributed by atoms with van der Waals surface area (Å²) in [5.74, 6) is -0.345. The number of ether oxygens (including phenoxy) is 1. The van der Waals surface area contributed by atoms with Crippen LogP contribution in [-0.4, -0.2) is 26.4 Å². The van der Waals surface area contributed by atoms with Crippen LogP contribution < -0.4 is 5.32 Å². The molecule has 102 valence electrons. The lowest BCUT2D eigenvalue weighted by Crippen LogP contribution is -2.21. The fourth-order valence-corrected chi connectivity index (χ4v) is 1.56. The summed E-state index contributed by atoms with van der Waals surface area (Å²) in [6, 6.07) is 5.67. The third kappa shape index (κ3) is 5.46. The Morgan fingerprint density at radius 2 is 1.83 bits per heavy atom. The second kappa shape index (κ2) is 6.70. The molecule has 0 aromatic heterocycles. The fourth-order valence-electron chi connectivity index (χ4n) is 1.56. The van der Waals surface area contributed by atoms with Crippen molar-refractivity contribution in [1.82, 2.24) is 5.32 Å². The number of rotatable bonds is 6. The summed E-state index contributed by atoms with van der Waals surface area (Å²) in [4.78, 5) is 0. The highest BCUT2D eigenvalue weighted by Crippen LogP contribution is 2.18. The number of hydrogen-bond donors (Lipinski definition) is 1. The van der Waals surface area contributed by atoms with E-state index in [1.54, 1.807) is 19.2 Å². The third-order valence-electron chi connectivity index (χ3n) is 2.44. The Kier molecular flexibility index (Phi) is 5.55. The van der Waals surface area contributed by atoms with Crippen LogP contribution in [0.25, 0.3) is 0 Å². The summed E-state index contributed by atoms with van der Waals surface area (Å²) in [6.45, 7) is -1.25. The molecule has 0 heterocycles. The van der Waals surface area contributed by atoms with Crippen LogP contribution in [0.3, 0.4) is 0 Å². The second-order valence-corrected chi connectivity index (χ2v) is 3.85. The van der Waals surface area contributed by atoms with Crippen molar-refractivity contribution in [3.63, 3.8) is 0 Å². The molecule has 1 unspecified atom stereocenters. The molecule has 18 heavy (non-hydrogen) atoms. The van der Waals surface area contributed by atoms with E-state index in [2.05, 4.69) is 10.1 Å². The van der Waals surface area contributed by atoms with Crippen molar-refractivity contribution in [2.45, 2.75) is 18.6 Å². The molecule has 0 fully saturated rings. The lowest BCUT2D eigenvalue weighted by Gasteiger charge is -2.17. The van der Waals surface area contributed by atoms with Crippen molar-refractivity contribution < 1.29 is 22.3 Å². The van der Waals surface area contributed by atoms with Gasteiger partial charge in [0.15, 0.2) is 0 Å². The zero-order valence-corrected chi connectivity index (χ0v) is 9.93. The summed E-state index contributed by atoms with van der Waals surface area (Å²) >= 11 is 0. The first-order chi connectivity index (χ1) is 8.42. The molecule has 0 aliphatic carbocycles. The van der Waals surface area contributed by atoms with E-state index in [0.717, 1.165) is 5.56 Å². The van der Waals surface area contributed by atoms with Crippen molar-refractivity contribution in [2.75, 3.05) is 20.3 Å². The van der Waals surface area contributed by atoms with Crippen molar-refractivity contribution in [2.24, 2.45) is 0 Å².